The van der Waals surface area contributed by atoms with Gasteiger partial charge >= 0.3 is 11.9 Å². The van der Waals surface area contributed by atoms with E-state index in [1.807, 2.05) is 18.2 Å². The molecule has 3 N–H and O–H groups in total. The van der Waals surface area contributed by atoms with E-state index in [9.17, 15) is 24.6 Å². The molecule has 0 aromatic heterocycles. The van der Waals surface area contributed by atoms with Gasteiger partial charge in [0.2, 0.25) is 5.91 Å². The molecule has 0 radical (unpaired) electrons. The molecule has 5 unspecified atom stereocenters. The molecular formula is C27H33NO5. The van der Waals surface area contributed by atoms with Crippen LogP contribution in [-0.2, 0) is 27.2 Å². The minimum absolute atomic E-state index is 0.0951. The average molecular weight is 452 g/mol. The quantitative estimate of drug-likeness (QED) is 0.576. The van der Waals surface area contributed by atoms with Crippen LogP contribution < -0.4 is 5.32 Å². The molecule has 3 aliphatic rings. The van der Waals surface area contributed by atoms with Gasteiger partial charge in [-0.05, 0) is 94.4 Å². The van der Waals surface area contributed by atoms with Gasteiger partial charge in [0, 0.05) is 23.9 Å². The molecule has 0 spiro atoms. The molecule has 1 amide bonds. The largest absolute Gasteiger partial charge is 0.481 e. The van der Waals surface area contributed by atoms with Crippen LogP contribution in [0.4, 0.5) is 0 Å². The molecule has 1 aliphatic heterocycles. The molecule has 6 heteroatoms. The zero-order chi connectivity index (χ0) is 24.1. The number of rotatable bonds is 6. The highest BCUT2D eigenvalue weighted by Gasteiger charge is 2.58. The molecule has 5 atom stereocenters. The number of amides is 1. The van der Waals surface area contributed by atoms with Crippen LogP contribution in [0.5, 0.6) is 0 Å². The number of hydrogen-bond donors (Lipinski definition) is 3. The molecular weight excluding hydrogens is 418 g/mol. The Morgan fingerprint density at radius 1 is 0.939 bits per heavy atom. The lowest BCUT2D eigenvalue weighted by atomic mass is 9.81. The van der Waals surface area contributed by atoms with Crippen LogP contribution in [0.1, 0.15) is 57.2 Å². The summed E-state index contributed by atoms with van der Waals surface area (Å²) in [4.78, 5) is 35.6. The second-order valence-corrected chi connectivity index (χ2v) is 11.4. The first-order valence-corrected chi connectivity index (χ1v) is 11.8. The van der Waals surface area contributed by atoms with E-state index in [-0.39, 0.29) is 17.7 Å². The van der Waals surface area contributed by atoms with Crippen molar-refractivity contribution in [3.63, 3.8) is 0 Å². The summed E-state index contributed by atoms with van der Waals surface area (Å²) in [7, 11) is 0. The van der Waals surface area contributed by atoms with Crippen molar-refractivity contribution in [1.29, 1.82) is 0 Å². The molecule has 4 rings (SSSR count). The minimum Gasteiger partial charge on any atom is -0.481 e. The lowest BCUT2D eigenvalue weighted by Crippen LogP contribution is -2.27. The average Bonchev–Trinajstić information content (AvgIpc) is 3.37. The Bertz CT molecular complexity index is 1010. The van der Waals surface area contributed by atoms with Gasteiger partial charge in [-0.25, -0.2) is 0 Å². The van der Waals surface area contributed by atoms with Crippen LogP contribution in [-0.4, -0.2) is 34.6 Å². The maximum absolute atomic E-state index is 12.3. The van der Waals surface area contributed by atoms with Gasteiger partial charge in [-0.15, -0.1) is 0 Å². The number of nitrogens with one attached hydrogen (secondary N) is 1. The summed E-state index contributed by atoms with van der Waals surface area (Å²) in [5, 5.41) is 22.2. The first-order chi connectivity index (χ1) is 15.4. The summed E-state index contributed by atoms with van der Waals surface area (Å²) < 4.78 is 0. The van der Waals surface area contributed by atoms with Gasteiger partial charge < -0.3 is 15.5 Å². The van der Waals surface area contributed by atoms with Crippen molar-refractivity contribution >= 4 is 17.8 Å². The van der Waals surface area contributed by atoms with E-state index in [0.717, 1.165) is 36.1 Å². The van der Waals surface area contributed by atoms with Crippen molar-refractivity contribution in [3.8, 4) is 11.8 Å². The van der Waals surface area contributed by atoms with Crippen LogP contribution in [0, 0.1) is 52.3 Å². The lowest BCUT2D eigenvalue weighted by Gasteiger charge is -2.22. The van der Waals surface area contributed by atoms with Crippen LogP contribution in [0.25, 0.3) is 0 Å². The Kier molecular flexibility index (Phi) is 5.80. The van der Waals surface area contributed by atoms with Crippen molar-refractivity contribution in [1.82, 2.24) is 5.32 Å². The molecule has 1 aromatic rings. The third-order valence-corrected chi connectivity index (χ3v) is 7.93. The zero-order valence-electron chi connectivity index (χ0n) is 19.8. The lowest BCUT2D eigenvalue weighted by molar-refractivity contribution is -0.147. The summed E-state index contributed by atoms with van der Waals surface area (Å²) in [6.45, 7) is 7.52. The van der Waals surface area contributed by atoms with Crippen molar-refractivity contribution in [2.45, 2.75) is 53.4 Å². The molecule has 6 nitrogen and oxygen atoms in total. The predicted octanol–water partition coefficient (Wildman–Crippen LogP) is 3.36. The fourth-order valence-corrected chi connectivity index (χ4v) is 6.12. The summed E-state index contributed by atoms with van der Waals surface area (Å²) in [5.41, 5.74) is 0.583. The third kappa shape index (κ3) is 4.38. The molecule has 1 saturated heterocycles. The fraction of sp³-hybridized carbons (Fsp3) is 0.593. The van der Waals surface area contributed by atoms with Gasteiger partial charge in [-0.1, -0.05) is 17.9 Å². The highest BCUT2D eigenvalue weighted by atomic mass is 16.4. The number of carboxylic acids is 2. The maximum atomic E-state index is 12.3. The number of benzene rings is 1. The smallest absolute Gasteiger partial charge is 0.309 e. The Balaban J connectivity index is 1.65. The summed E-state index contributed by atoms with van der Waals surface area (Å²) >= 11 is 0. The molecule has 1 heterocycles. The van der Waals surface area contributed by atoms with Gasteiger partial charge in [-0.3, -0.25) is 14.4 Å². The van der Waals surface area contributed by atoms with E-state index in [0.29, 0.717) is 30.6 Å². The first-order valence-electron chi connectivity index (χ1n) is 11.8. The SMILES string of the molecule is CC(C)(Cc1cc(C#CC2C3CCC2C2C(=O)NCC32)cc(CC(C)(C)C(=O)O)c1)C(=O)O. The van der Waals surface area contributed by atoms with Gasteiger partial charge in [0.05, 0.1) is 10.8 Å². The van der Waals surface area contributed by atoms with Crippen LogP contribution >= 0.6 is 0 Å². The Labute approximate surface area is 195 Å². The number of carbonyl (C=O) groups excluding carboxylic acids is 1. The Morgan fingerprint density at radius 3 is 2.00 bits per heavy atom. The van der Waals surface area contributed by atoms with E-state index in [4.69, 9.17) is 0 Å². The highest BCUT2D eigenvalue weighted by Crippen LogP contribution is 2.57. The van der Waals surface area contributed by atoms with Crippen molar-refractivity contribution in [3.05, 3.63) is 34.9 Å². The number of carbonyl (C=O) groups is 3. The normalized spacial score (nSPS) is 28.1. The van der Waals surface area contributed by atoms with E-state index < -0.39 is 22.8 Å². The molecule has 1 aromatic carbocycles. The minimum atomic E-state index is -0.943. The molecule has 2 bridgehead atoms. The van der Waals surface area contributed by atoms with Crippen molar-refractivity contribution < 1.29 is 24.6 Å². The Morgan fingerprint density at radius 2 is 1.48 bits per heavy atom. The fourth-order valence-electron chi connectivity index (χ4n) is 6.12. The van der Waals surface area contributed by atoms with Gasteiger partial charge in [0.25, 0.3) is 0 Å². The van der Waals surface area contributed by atoms with E-state index in [2.05, 4.69) is 17.2 Å². The highest BCUT2D eigenvalue weighted by molar-refractivity contribution is 5.82. The molecule has 2 aliphatic carbocycles. The van der Waals surface area contributed by atoms with Crippen LogP contribution in [0.2, 0.25) is 0 Å². The third-order valence-electron chi connectivity index (χ3n) is 7.93. The molecule has 176 valence electrons. The standard InChI is InChI=1S/C27H33NO5/c1-26(2,24(30)31)12-16-9-15(10-17(11-16)13-27(3,4)25(32)33)5-6-18-19-7-8-20(18)22-21(19)14-28-23(22)29/h9-11,18-22H,7-8,12-14H2,1-4H3,(H,28,29)(H,30,31)(H,32,33). The second-order valence-electron chi connectivity index (χ2n) is 11.4. The molecule has 3 fully saturated rings. The van der Waals surface area contributed by atoms with E-state index in [1.54, 1.807) is 27.7 Å². The van der Waals surface area contributed by atoms with Crippen molar-refractivity contribution in [2.75, 3.05) is 6.54 Å². The van der Waals surface area contributed by atoms with E-state index in [1.165, 1.54) is 0 Å². The van der Waals surface area contributed by atoms with Crippen LogP contribution in [0.15, 0.2) is 18.2 Å². The molecule has 33 heavy (non-hydrogen) atoms. The zero-order valence-corrected chi connectivity index (χ0v) is 19.8. The maximum Gasteiger partial charge on any atom is 0.309 e. The number of carboxylic acid groups (broad SMARTS) is 2. The van der Waals surface area contributed by atoms with Gasteiger partial charge in [0.1, 0.15) is 0 Å². The number of hydrogen-bond acceptors (Lipinski definition) is 3. The van der Waals surface area contributed by atoms with E-state index >= 15 is 0 Å². The van der Waals surface area contributed by atoms with Crippen LogP contribution in [0.3, 0.4) is 0 Å². The molecule has 2 saturated carbocycles. The number of aliphatic carboxylic acids is 2. The van der Waals surface area contributed by atoms with Gasteiger partial charge in [-0.2, -0.15) is 0 Å². The predicted molar refractivity (Wildman–Crippen MR) is 123 cm³/mol. The summed E-state index contributed by atoms with van der Waals surface area (Å²) in [5.74, 6) is 6.69. The van der Waals surface area contributed by atoms with Crippen molar-refractivity contribution in [2.24, 2.45) is 40.4 Å². The Hall–Kier alpha value is -2.81. The van der Waals surface area contributed by atoms with Gasteiger partial charge in [0.15, 0.2) is 0 Å². The summed E-state index contributed by atoms with van der Waals surface area (Å²) in [6.07, 6.45) is 2.82. The number of fused-ring (bicyclic) bond motifs is 5. The second kappa shape index (κ2) is 8.20. The monoisotopic (exact) mass is 451 g/mol. The summed E-state index contributed by atoms with van der Waals surface area (Å²) in [6, 6.07) is 5.77. The topological polar surface area (TPSA) is 104 Å². The first kappa shape index (κ1) is 23.4.